The topological polar surface area (TPSA) is 83.5 Å². The van der Waals surface area contributed by atoms with Gasteiger partial charge in [0.15, 0.2) is 11.0 Å². The van der Waals surface area contributed by atoms with Crippen LogP contribution in [0, 0.1) is 0 Å². The van der Waals surface area contributed by atoms with Crippen LogP contribution in [0.15, 0.2) is 35.7 Å². The van der Waals surface area contributed by atoms with Gasteiger partial charge in [-0.05, 0) is 29.0 Å². The molecule has 8 nitrogen and oxygen atoms in total. The van der Waals surface area contributed by atoms with Gasteiger partial charge in [-0.15, -0.1) is 15.3 Å². The zero-order valence-electron chi connectivity index (χ0n) is 13.7. The molecule has 24 heavy (non-hydrogen) atoms. The van der Waals surface area contributed by atoms with Crippen LogP contribution in [0.4, 0.5) is 0 Å². The summed E-state index contributed by atoms with van der Waals surface area (Å²) in [5, 5.41) is 20.9. The van der Waals surface area contributed by atoms with Gasteiger partial charge >= 0.3 is 0 Å². The maximum Gasteiger partial charge on any atom is 0.196 e. The number of hydrogen-bond acceptors (Lipinski definition) is 7. The van der Waals surface area contributed by atoms with Crippen LogP contribution in [0.1, 0.15) is 25.6 Å². The van der Waals surface area contributed by atoms with Crippen LogP contribution in [0.5, 0.6) is 5.75 Å². The van der Waals surface area contributed by atoms with Crippen LogP contribution >= 0.6 is 11.8 Å². The van der Waals surface area contributed by atoms with Gasteiger partial charge in [0.1, 0.15) is 12.1 Å². The molecule has 0 aliphatic heterocycles. The number of ether oxygens (including phenoxy) is 1. The molecule has 9 heteroatoms. The monoisotopic (exact) mass is 345 g/mol. The van der Waals surface area contributed by atoms with Crippen molar-refractivity contribution in [3.05, 3.63) is 36.4 Å². The van der Waals surface area contributed by atoms with E-state index in [1.54, 1.807) is 25.2 Å². The third-order valence-corrected chi connectivity index (χ3v) is 4.45. The van der Waals surface area contributed by atoms with E-state index in [0.29, 0.717) is 5.75 Å². The van der Waals surface area contributed by atoms with Crippen LogP contribution in [-0.2, 0) is 12.3 Å². The predicted octanol–water partition coefficient (Wildman–Crippen LogP) is 2.35. The van der Waals surface area contributed by atoms with E-state index in [-0.39, 0.29) is 0 Å². The molecule has 0 saturated carbocycles. The van der Waals surface area contributed by atoms with Gasteiger partial charge in [-0.25, -0.2) is 4.68 Å². The molecule has 2 heterocycles. The SMILES string of the molecule is CCCCn1nnnc1CSc1nncn1-c1cccc(OC)c1. The number of thioether (sulfide) groups is 1. The van der Waals surface area contributed by atoms with Gasteiger partial charge < -0.3 is 4.74 Å². The summed E-state index contributed by atoms with van der Waals surface area (Å²) in [5.41, 5.74) is 0.951. The first-order chi connectivity index (χ1) is 11.8. The molecule has 0 aliphatic rings. The van der Waals surface area contributed by atoms with Crippen molar-refractivity contribution in [2.24, 2.45) is 0 Å². The Morgan fingerprint density at radius 1 is 1.25 bits per heavy atom. The molecule has 0 bridgehead atoms. The number of aryl methyl sites for hydroxylation is 1. The molecule has 3 aromatic rings. The Kier molecular flexibility index (Phi) is 5.42. The van der Waals surface area contributed by atoms with Crippen LogP contribution in [0.2, 0.25) is 0 Å². The summed E-state index contributed by atoms with van der Waals surface area (Å²) in [6, 6.07) is 7.77. The average Bonchev–Trinajstić information content (AvgIpc) is 3.27. The molecular formula is C15H19N7OS. The van der Waals surface area contributed by atoms with Crippen LogP contribution in [0.25, 0.3) is 5.69 Å². The van der Waals surface area contributed by atoms with Crippen LogP contribution in [-0.4, -0.2) is 42.1 Å². The van der Waals surface area contributed by atoms with E-state index in [0.717, 1.165) is 41.8 Å². The molecule has 2 aromatic heterocycles. The van der Waals surface area contributed by atoms with Gasteiger partial charge in [-0.3, -0.25) is 4.57 Å². The fourth-order valence-corrected chi connectivity index (χ4v) is 3.06. The van der Waals surface area contributed by atoms with E-state index < -0.39 is 0 Å². The number of tetrazole rings is 1. The zero-order chi connectivity index (χ0) is 16.8. The maximum atomic E-state index is 5.27. The number of rotatable bonds is 8. The summed E-state index contributed by atoms with van der Waals surface area (Å²) in [5.74, 6) is 2.27. The van der Waals surface area contributed by atoms with E-state index in [2.05, 4.69) is 32.6 Å². The Labute approximate surface area is 144 Å². The van der Waals surface area contributed by atoms with Gasteiger partial charge in [0, 0.05) is 12.6 Å². The van der Waals surface area contributed by atoms with Crippen molar-refractivity contribution in [2.75, 3.05) is 7.11 Å². The molecule has 3 rings (SSSR count). The van der Waals surface area contributed by atoms with E-state index >= 15 is 0 Å². The zero-order valence-corrected chi connectivity index (χ0v) is 14.5. The van der Waals surface area contributed by atoms with Gasteiger partial charge in [0.2, 0.25) is 0 Å². The Bertz CT molecular complexity index is 785. The first-order valence-corrected chi connectivity index (χ1v) is 8.72. The minimum Gasteiger partial charge on any atom is -0.497 e. The lowest BCUT2D eigenvalue weighted by Gasteiger charge is -2.08. The molecule has 0 N–H and O–H groups in total. The molecule has 0 atom stereocenters. The second-order valence-electron chi connectivity index (χ2n) is 5.15. The second-order valence-corrected chi connectivity index (χ2v) is 6.09. The first kappa shape index (κ1) is 16.4. The summed E-state index contributed by atoms with van der Waals surface area (Å²) < 4.78 is 9.05. The van der Waals surface area contributed by atoms with E-state index in [9.17, 15) is 0 Å². The highest BCUT2D eigenvalue weighted by molar-refractivity contribution is 7.98. The second kappa shape index (κ2) is 7.91. The average molecular weight is 345 g/mol. The van der Waals surface area contributed by atoms with Gasteiger partial charge in [-0.2, -0.15) is 0 Å². The Morgan fingerprint density at radius 3 is 3.00 bits per heavy atom. The number of methoxy groups -OCH3 is 1. The largest absolute Gasteiger partial charge is 0.497 e. The molecule has 126 valence electrons. The number of hydrogen-bond donors (Lipinski definition) is 0. The van der Waals surface area contributed by atoms with Gasteiger partial charge in [0.25, 0.3) is 0 Å². The predicted molar refractivity (Wildman–Crippen MR) is 90.2 cm³/mol. The standard InChI is InChI=1S/C15H19N7OS/c1-3-4-8-22-14(17-19-20-22)10-24-15-18-16-11-21(15)12-6-5-7-13(9-12)23-2/h5-7,9,11H,3-4,8,10H2,1-2H3. The summed E-state index contributed by atoms with van der Waals surface area (Å²) in [6.45, 7) is 2.98. The molecule has 0 radical (unpaired) electrons. The van der Waals surface area contributed by atoms with E-state index in [1.807, 2.05) is 33.5 Å². The first-order valence-electron chi connectivity index (χ1n) is 7.74. The summed E-state index contributed by atoms with van der Waals surface area (Å²) in [6.07, 6.45) is 3.86. The highest BCUT2D eigenvalue weighted by Crippen LogP contribution is 2.24. The van der Waals surface area contributed by atoms with Crippen molar-refractivity contribution in [3.63, 3.8) is 0 Å². The third-order valence-electron chi connectivity index (χ3n) is 3.51. The smallest absolute Gasteiger partial charge is 0.196 e. The third kappa shape index (κ3) is 3.73. The molecule has 0 spiro atoms. The van der Waals surface area contributed by atoms with E-state index in [1.165, 1.54) is 0 Å². The Balaban J connectivity index is 1.73. The van der Waals surface area contributed by atoms with E-state index in [4.69, 9.17) is 4.74 Å². The molecular weight excluding hydrogens is 326 g/mol. The molecule has 0 aliphatic carbocycles. The van der Waals surface area contributed by atoms with Gasteiger partial charge in [0.05, 0.1) is 18.6 Å². The van der Waals surface area contributed by atoms with Crippen molar-refractivity contribution in [1.29, 1.82) is 0 Å². The lowest BCUT2D eigenvalue weighted by atomic mass is 10.3. The van der Waals surface area contributed by atoms with Crippen LogP contribution in [0.3, 0.4) is 0 Å². The minimum atomic E-state index is 0.638. The number of unbranched alkanes of at least 4 members (excludes halogenated alkanes) is 1. The van der Waals surface area contributed by atoms with Crippen molar-refractivity contribution >= 4 is 11.8 Å². The highest BCUT2D eigenvalue weighted by Gasteiger charge is 2.11. The lowest BCUT2D eigenvalue weighted by molar-refractivity contribution is 0.414. The Hall–Kier alpha value is -2.42. The fourth-order valence-electron chi connectivity index (χ4n) is 2.20. The highest BCUT2D eigenvalue weighted by atomic mass is 32.2. The number of benzene rings is 1. The number of nitrogens with zero attached hydrogens (tertiary/aromatic N) is 7. The maximum absolute atomic E-state index is 5.27. The molecule has 1 aromatic carbocycles. The number of aromatic nitrogens is 7. The van der Waals surface area contributed by atoms with Crippen molar-refractivity contribution in [3.8, 4) is 11.4 Å². The molecule has 0 saturated heterocycles. The summed E-state index contributed by atoms with van der Waals surface area (Å²) in [7, 11) is 1.65. The molecule has 0 fully saturated rings. The Morgan fingerprint density at radius 2 is 2.17 bits per heavy atom. The van der Waals surface area contributed by atoms with Crippen LogP contribution < -0.4 is 4.74 Å². The lowest BCUT2D eigenvalue weighted by Crippen LogP contribution is -2.05. The molecule has 0 amide bonds. The quantitative estimate of drug-likeness (QED) is 0.579. The van der Waals surface area contributed by atoms with Crippen molar-refractivity contribution < 1.29 is 4.74 Å². The van der Waals surface area contributed by atoms with Crippen molar-refractivity contribution in [1.82, 2.24) is 35.0 Å². The fraction of sp³-hybridized carbons (Fsp3) is 0.400. The molecule has 0 unspecified atom stereocenters. The van der Waals surface area contributed by atoms with Gasteiger partial charge in [-0.1, -0.05) is 31.2 Å². The summed E-state index contributed by atoms with van der Waals surface area (Å²) >= 11 is 1.55. The summed E-state index contributed by atoms with van der Waals surface area (Å²) in [4.78, 5) is 0. The normalized spacial score (nSPS) is 10.9. The van der Waals surface area contributed by atoms with Crippen molar-refractivity contribution in [2.45, 2.75) is 37.2 Å². The minimum absolute atomic E-state index is 0.638.